The third-order valence-electron chi connectivity index (χ3n) is 2.13. The van der Waals surface area contributed by atoms with Crippen molar-refractivity contribution in [1.82, 2.24) is 19.7 Å². The molecule has 0 aliphatic heterocycles. The lowest BCUT2D eigenvalue weighted by Gasteiger charge is -2.00. The number of hydrogen-bond donors (Lipinski definition) is 1. The monoisotopic (exact) mass is 280 g/mol. The second kappa shape index (κ2) is 4.68. The summed E-state index contributed by atoms with van der Waals surface area (Å²) in [4.78, 5) is 37.2. The van der Waals surface area contributed by atoms with Gasteiger partial charge in [0.15, 0.2) is 5.69 Å². The zero-order chi connectivity index (χ0) is 14.9. The first kappa shape index (κ1) is 13.0. The van der Waals surface area contributed by atoms with Crippen molar-refractivity contribution in [2.24, 2.45) is 0 Å². The Morgan fingerprint density at radius 1 is 1.25 bits per heavy atom. The van der Waals surface area contributed by atoms with Gasteiger partial charge < -0.3 is 15.2 Å². The number of carboxylic acids is 1. The van der Waals surface area contributed by atoms with Crippen molar-refractivity contribution in [3.63, 3.8) is 0 Å². The van der Waals surface area contributed by atoms with E-state index in [1.54, 1.807) is 0 Å². The summed E-state index contributed by atoms with van der Waals surface area (Å²) in [5.41, 5.74) is -1.03. The molecule has 0 aliphatic rings. The summed E-state index contributed by atoms with van der Waals surface area (Å²) in [6, 6.07) is 1.86. The van der Waals surface area contributed by atoms with E-state index in [1.165, 1.54) is 0 Å². The molecule has 12 nitrogen and oxygen atoms in total. The summed E-state index contributed by atoms with van der Waals surface area (Å²) in [5.74, 6) is -2.67. The van der Waals surface area contributed by atoms with Crippen molar-refractivity contribution in [3.8, 4) is 5.82 Å². The number of aromatic carboxylic acids is 1. The van der Waals surface area contributed by atoms with Crippen LogP contribution in [0.5, 0.6) is 0 Å². The second-order valence-electron chi connectivity index (χ2n) is 3.35. The topological polar surface area (TPSA) is 167 Å². The highest BCUT2D eigenvalue weighted by atomic mass is 16.6. The molecule has 0 radical (unpaired) electrons. The Morgan fingerprint density at radius 2 is 1.95 bits per heavy atom. The first-order valence-electron chi connectivity index (χ1n) is 4.85. The van der Waals surface area contributed by atoms with Gasteiger partial charge in [-0.1, -0.05) is 4.98 Å². The van der Waals surface area contributed by atoms with Crippen LogP contribution in [0.15, 0.2) is 18.5 Å². The van der Waals surface area contributed by atoms with Gasteiger partial charge in [0.05, 0.1) is 4.92 Å². The van der Waals surface area contributed by atoms with Crippen molar-refractivity contribution >= 4 is 17.6 Å². The normalized spacial score (nSPS) is 10.2. The zero-order valence-corrected chi connectivity index (χ0v) is 9.40. The molecular formula is C8H4N6O6. The highest BCUT2D eigenvalue weighted by molar-refractivity contribution is 5.86. The highest BCUT2D eigenvalue weighted by Gasteiger charge is 2.25. The summed E-state index contributed by atoms with van der Waals surface area (Å²) in [5, 5.41) is 33.5. The third kappa shape index (κ3) is 2.24. The molecule has 0 fully saturated rings. The first-order valence-corrected chi connectivity index (χ1v) is 4.85. The molecule has 2 aromatic rings. The molecule has 0 amide bonds. The van der Waals surface area contributed by atoms with E-state index in [1.807, 2.05) is 0 Å². The number of aromatic nitrogens is 4. The van der Waals surface area contributed by atoms with Crippen LogP contribution in [0.3, 0.4) is 0 Å². The average molecular weight is 280 g/mol. The summed E-state index contributed by atoms with van der Waals surface area (Å²) >= 11 is 0. The van der Waals surface area contributed by atoms with Crippen molar-refractivity contribution < 1.29 is 19.7 Å². The van der Waals surface area contributed by atoms with Gasteiger partial charge in [-0.25, -0.2) is 9.78 Å². The van der Waals surface area contributed by atoms with Gasteiger partial charge in [0.2, 0.25) is 6.33 Å². The lowest BCUT2D eigenvalue weighted by molar-refractivity contribution is -0.394. The molecule has 0 spiro atoms. The van der Waals surface area contributed by atoms with Crippen LogP contribution in [0.4, 0.5) is 11.6 Å². The van der Waals surface area contributed by atoms with Crippen LogP contribution in [0.2, 0.25) is 0 Å². The van der Waals surface area contributed by atoms with Gasteiger partial charge in [0.1, 0.15) is 0 Å². The van der Waals surface area contributed by atoms with Gasteiger partial charge in [-0.3, -0.25) is 10.1 Å². The van der Waals surface area contributed by atoms with E-state index >= 15 is 0 Å². The number of pyridine rings is 1. The Morgan fingerprint density at radius 3 is 2.45 bits per heavy atom. The fourth-order valence-corrected chi connectivity index (χ4v) is 1.31. The van der Waals surface area contributed by atoms with Crippen molar-refractivity contribution in [1.29, 1.82) is 0 Å². The number of carbonyl (C=O) groups is 1. The van der Waals surface area contributed by atoms with Gasteiger partial charge >= 0.3 is 17.6 Å². The number of nitro groups is 2. The maximum absolute atomic E-state index is 10.8. The van der Waals surface area contributed by atoms with Gasteiger partial charge in [-0.2, -0.15) is 0 Å². The van der Waals surface area contributed by atoms with E-state index in [2.05, 4.69) is 15.1 Å². The Kier molecular flexibility index (Phi) is 3.04. The number of carboxylic acid groups (broad SMARTS) is 1. The SMILES string of the molecule is O=C(O)c1ccc([N+](=O)[O-])c(-n2cnc([N+](=O)[O-])n2)n1. The molecule has 0 unspecified atom stereocenters. The Labute approximate surface area is 108 Å². The number of rotatable bonds is 4. The Hall–Kier alpha value is -3.44. The molecule has 12 heteroatoms. The molecule has 2 rings (SSSR count). The van der Waals surface area contributed by atoms with E-state index in [-0.39, 0.29) is 0 Å². The summed E-state index contributed by atoms with van der Waals surface area (Å²) in [6.45, 7) is 0. The van der Waals surface area contributed by atoms with Gasteiger partial charge in [0, 0.05) is 11.2 Å². The first-order chi connectivity index (χ1) is 9.40. The average Bonchev–Trinajstić information content (AvgIpc) is 2.87. The van der Waals surface area contributed by atoms with E-state index < -0.39 is 39.0 Å². The minimum Gasteiger partial charge on any atom is -0.477 e. The third-order valence-corrected chi connectivity index (χ3v) is 2.13. The molecule has 0 saturated carbocycles. The van der Waals surface area contributed by atoms with Crippen LogP contribution in [-0.4, -0.2) is 40.7 Å². The maximum atomic E-state index is 10.8. The van der Waals surface area contributed by atoms with E-state index in [9.17, 15) is 25.0 Å². The minimum atomic E-state index is -1.41. The maximum Gasteiger partial charge on any atom is 0.491 e. The summed E-state index contributed by atoms with van der Waals surface area (Å²) < 4.78 is 0.669. The quantitative estimate of drug-likeness (QED) is 0.606. The van der Waals surface area contributed by atoms with Crippen LogP contribution >= 0.6 is 0 Å². The van der Waals surface area contributed by atoms with Crippen LogP contribution in [0, 0.1) is 20.2 Å². The molecule has 102 valence electrons. The van der Waals surface area contributed by atoms with Gasteiger partial charge in [-0.05, 0) is 11.0 Å². The predicted molar refractivity (Wildman–Crippen MR) is 59.4 cm³/mol. The van der Waals surface area contributed by atoms with Crippen LogP contribution < -0.4 is 0 Å². The molecule has 20 heavy (non-hydrogen) atoms. The largest absolute Gasteiger partial charge is 0.491 e. The van der Waals surface area contributed by atoms with Crippen molar-refractivity contribution in [3.05, 3.63) is 44.4 Å². The fraction of sp³-hybridized carbons (Fsp3) is 0. The molecule has 0 atom stereocenters. The molecule has 1 N–H and O–H groups in total. The standard InChI is InChI=1S/C8H4N6O6/c15-7(16)4-1-2-5(13(17)18)6(10-4)12-3-9-8(11-12)14(19)20/h1-3H,(H,15,16). The van der Waals surface area contributed by atoms with E-state index in [0.717, 1.165) is 18.5 Å². The van der Waals surface area contributed by atoms with E-state index in [0.29, 0.717) is 4.68 Å². The summed E-state index contributed by atoms with van der Waals surface area (Å²) in [6.07, 6.45) is 0.832. The van der Waals surface area contributed by atoms with Crippen LogP contribution in [0.25, 0.3) is 5.82 Å². The molecule has 0 saturated heterocycles. The molecule has 2 aromatic heterocycles. The van der Waals surface area contributed by atoms with Gasteiger partial charge in [0.25, 0.3) is 5.82 Å². The molecular weight excluding hydrogens is 276 g/mol. The highest BCUT2D eigenvalue weighted by Crippen LogP contribution is 2.21. The second-order valence-corrected chi connectivity index (χ2v) is 3.35. The minimum absolute atomic E-state index is 0.469. The molecule has 0 bridgehead atoms. The van der Waals surface area contributed by atoms with Crippen molar-refractivity contribution in [2.75, 3.05) is 0 Å². The van der Waals surface area contributed by atoms with Crippen LogP contribution in [0.1, 0.15) is 10.5 Å². The van der Waals surface area contributed by atoms with Crippen LogP contribution in [-0.2, 0) is 0 Å². The van der Waals surface area contributed by atoms with E-state index in [4.69, 9.17) is 5.11 Å². The lowest BCUT2D eigenvalue weighted by Crippen LogP contribution is -2.09. The lowest BCUT2D eigenvalue weighted by atomic mass is 10.3. The Balaban J connectivity index is 2.62. The Bertz CT molecular complexity index is 724. The predicted octanol–water partition coefficient (Wildman–Crippen LogP) is 0.177. The molecule has 0 aliphatic carbocycles. The fourth-order valence-electron chi connectivity index (χ4n) is 1.31. The smallest absolute Gasteiger partial charge is 0.477 e. The molecule has 0 aromatic carbocycles. The number of hydrogen-bond acceptors (Lipinski definition) is 8. The zero-order valence-electron chi connectivity index (χ0n) is 9.40. The number of nitrogens with zero attached hydrogens (tertiary/aromatic N) is 6. The van der Waals surface area contributed by atoms with Gasteiger partial charge in [-0.15, -0.1) is 4.68 Å². The molecule has 2 heterocycles. The summed E-state index contributed by atoms with van der Waals surface area (Å²) in [7, 11) is 0. The van der Waals surface area contributed by atoms with Crippen molar-refractivity contribution in [2.45, 2.75) is 0 Å².